The molecule has 32 nitrogen and oxygen atoms in total. The highest BCUT2D eigenvalue weighted by molar-refractivity contribution is 7.49. The molecule has 8 unspecified atom stereocenters. The molecule has 10 N–H and O–H groups in total. The molecule has 0 saturated heterocycles. The van der Waals surface area contributed by atoms with Crippen molar-refractivity contribution < 1.29 is 139 Å². The third kappa shape index (κ3) is 35.6. The summed E-state index contributed by atoms with van der Waals surface area (Å²) in [6.45, 7) is -8.21. The van der Waals surface area contributed by atoms with E-state index in [0.717, 1.165) is 0 Å². The summed E-state index contributed by atoms with van der Waals surface area (Å²) in [6, 6.07) is 0. The maximum absolute atomic E-state index is 12.3. The van der Waals surface area contributed by atoms with Crippen LogP contribution in [0.15, 0.2) is 0 Å². The minimum Gasteiger partial charge on any atom is -0.364 e. The molecule has 8 atom stereocenters. The van der Waals surface area contributed by atoms with E-state index in [2.05, 4.69) is 64.9 Å². The fraction of sp³-hybridized carbons (Fsp3) is 1.00. The van der Waals surface area contributed by atoms with Gasteiger partial charge < -0.3 is 48.6 Å². The number of phosphoric ester groups is 7. The van der Waals surface area contributed by atoms with E-state index in [-0.39, 0.29) is 20.1 Å². The number of phosphoric acid groups is 7. The van der Waals surface area contributed by atoms with Crippen LogP contribution in [0.2, 0.25) is 0 Å². The highest BCUT2D eigenvalue weighted by atomic mass is 31.2. The fourth-order valence-electron chi connectivity index (χ4n) is 3.14. The van der Waals surface area contributed by atoms with Crippen LogP contribution < -0.4 is 10.6 Å². The second-order valence-electron chi connectivity index (χ2n) is 10.2. The Morgan fingerprint density at radius 2 is 0.661 bits per heavy atom. The van der Waals surface area contributed by atoms with Crippen LogP contribution in [-0.2, 0) is 100 Å². The van der Waals surface area contributed by atoms with Crippen molar-refractivity contribution in [3.05, 3.63) is 0 Å². The maximum atomic E-state index is 12.3. The molecular weight excluding hydrogens is 965 g/mol. The molecule has 0 aliphatic heterocycles. The summed E-state index contributed by atoms with van der Waals surface area (Å²) in [5.74, 6) is 0. The number of hydrogen-bond donors (Lipinski definition) is 10. The molecule has 0 saturated carbocycles. The first-order valence-corrected chi connectivity index (χ1v) is 26.6. The molecule has 0 bridgehead atoms. The third-order valence-electron chi connectivity index (χ3n) is 5.18. The van der Waals surface area contributed by atoms with E-state index in [0.29, 0.717) is 0 Å². The van der Waals surface area contributed by atoms with Gasteiger partial charge >= 0.3 is 54.8 Å². The number of ether oxygens (including phenoxy) is 2. The Labute approximate surface area is 337 Å². The van der Waals surface area contributed by atoms with E-state index >= 15 is 0 Å². The van der Waals surface area contributed by atoms with Gasteiger partial charge in [-0.1, -0.05) is 0 Å². The SMILES string of the molecule is CCOP(=O)(O)OCC(COCNC)OP(=O)(O)OCCOP(=O)(O)OCCOP(=O)(O)OCCOP(=O)(O)OCCOP(=O)(O)OCC(COCNC)OP(=O)(O)O. The van der Waals surface area contributed by atoms with Crippen molar-refractivity contribution in [3.63, 3.8) is 0 Å². The van der Waals surface area contributed by atoms with Crippen molar-refractivity contribution in [1.82, 2.24) is 10.6 Å². The third-order valence-corrected chi connectivity index (χ3v) is 11.9. The van der Waals surface area contributed by atoms with E-state index in [1.165, 1.54) is 21.0 Å². The smallest absolute Gasteiger partial charge is 0.364 e. The molecule has 0 heterocycles. The Kier molecular flexibility index (Phi) is 30.2. The lowest BCUT2D eigenvalue weighted by Gasteiger charge is -2.22. The van der Waals surface area contributed by atoms with Crippen molar-refractivity contribution in [2.24, 2.45) is 0 Å². The highest BCUT2D eigenvalue weighted by Crippen LogP contribution is 2.50. The summed E-state index contributed by atoms with van der Waals surface area (Å²) in [5.41, 5.74) is 0. The topological polar surface area (TPSA) is 444 Å². The largest absolute Gasteiger partial charge is 0.472 e. The zero-order chi connectivity index (χ0) is 45.3. The van der Waals surface area contributed by atoms with Crippen LogP contribution >= 0.6 is 54.8 Å². The van der Waals surface area contributed by atoms with E-state index in [1.54, 1.807) is 0 Å². The molecule has 0 aromatic carbocycles. The molecule has 0 rings (SSSR count). The van der Waals surface area contributed by atoms with Gasteiger partial charge in [0, 0.05) is 0 Å². The van der Waals surface area contributed by atoms with E-state index in [1.807, 2.05) is 0 Å². The van der Waals surface area contributed by atoms with Crippen LogP contribution in [0, 0.1) is 0 Å². The molecule has 39 heteroatoms. The summed E-state index contributed by atoms with van der Waals surface area (Å²) in [6.07, 6.45) is -2.94. The van der Waals surface area contributed by atoms with Crippen molar-refractivity contribution >= 4 is 54.8 Å². The Hall–Kier alpha value is 0.610. The summed E-state index contributed by atoms with van der Waals surface area (Å²) < 4.78 is 152. The van der Waals surface area contributed by atoms with Crippen molar-refractivity contribution in [2.45, 2.75) is 19.1 Å². The van der Waals surface area contributed by atoms with Crippen molar-refractivity contribution in [2.75, 3.05) is 113 Å². The van der Waals surface area contributed by atoms with Crippen molar-refractivity contribution in [1.29, 1.82) is 0 Å². The fourth-order valence-corrected chi connectivity index (χ4v) is 8.06. The summed E-state index contributed by atoms with van der Waals surface area (Å²) in [5, 5.41) is 5.17. The van der Waals surface area contributed by atoms with Crippen LogP contribution in [-0.4, -0.2) is 165 Å². The minimum absolute atomic E-state index is 0.0457. The Morgan fingerprint density at radius 1 is 0.390 bits per heavy atom. The van der Waals surface area contributed by atoms with Gasteiger partial charge in [0.05, 0.1) is 99.4 Å². The number of rotatable bonds is 40. The van der Waals surface area contributed by atoms with E-state index < -0.39 is 146 Å². The average Bonchev–Trinajstić information content (AvgIpc) is 3.10. The standard InChI is InChI=1S/C20H51N2O30P7/c1-4-40-54(26,27)49-16-20(14-39-18-22-3)52-59(36,37)48-12-11-46-57(32,33)44-8-7-42-55(28,29)41-5-6-43-56(30,31)45-9-10-47-58(34,35)50-15-19(13-38-17-21-2)51-53(23,24)25/h19-22H,4-18H2,1-3H3,(H,26,27)(H,28,29)(H,30,31)(H,32,33)(H,34,35)(H,36,37)(H2,23,24,25). The van der Waals surface area contributed by atoms with Crippen LogP contribution in [0.4, 0.5) is 0 Å². The molecule has 0 spiro atoms. The first-order valence-electron chi connectivity index (χ1n) is 16.1. The van der Waals surface area contributed by atoms with Gasteiger partial charge in [0.2, 0.25) is 0 Å². The second kappa shape index (κ2) is 29.9. The normalized spacial score (nSPS) is 19.7. The number of hydrogen-bond acceptors (Lipinski definition) is 24. The predicted molar refractivity (Wildman–Crippen MR) is 192 cm³/mol. The van der Waals surface area contributed by atoms with E-state index in [9.17, 15) is 61.3 Å². The predicted octanol–water partition coefficient (Wildman–Crippen LogP) is 0.0414. The molecule has 59 heavy (non-hydrogen) atoms. The number of nitrogens with one attached hydrogen (secondary N) is 2. The maximum Gasteiger partial charge on any atom is 0.472 e. The van der Waals surface area contributed by atoms with Gasteiger partial charge in [-0.15, -0.1) is 0 Å². The van der Waals surface area contributed by atoms with Gasteiger partial charge in [0.15, 0.2) is 0 Å². The molecular formula is C20H51N2O30P7. The molecule has 0 aliphatic carbocycles. The molecule has 0 amide bonds. The lowest BCUT2D eigenvalue weighted by molar-refractivity contribution is -0.00775. The Morgan fingerprint density at radius 3 is 0.949 bits per heavy atom. The first-order chi connectivity index (χ1) is 27.2. The quantitative estimate of drug-likeness (QED) is 0.0220. The van der Waals surface area contributed by atoms with E-state index in [4.69, 9.17) is 23.8 Å². The average molecular weight is 1020 g/mol. The van der Waals surface area contributed by atoms with Gasteiger partial charge in [0.25, 0.3) is 0 Å². The van der Waals surface area contributed by atoms with Gasteiger partial charge in [-0.25, -0.2) is 32.0 Å². The summed E-state index contributed by atoms with van der Waals surface area (Å²) >= 11 is 0. The van der Waals surface area contributed by atoms with Gasteiger partial charge in [-0.3, -0.25) is 69.4 Å². The van der Waals surface area contributed by atoms with Crippen LogP contribution in [0.25, 0.3) is 0 Å². The van der Waals surface area contributed by atoms with Crippen LogP contribution in [0.1, 0.15) is 6.92 Å². The molecule has 356 valence electrons. The summed E-state index contributed by atoms with van der Waals surface area (Å²) in [7, 11) is -31.1. The Bertz CT molecular complexity index is 1500. The lowest BCUT2D eigenvalue weighted by Crippen LogP contribution is -2.27. The van der Waals surface area contributed by atoms with Crippen molar-refractivity contribution in [3.8, 4) is 0 Å². The van der Waals surface area contributed by atoms with Crippen LogP contribution in [0.5, 0.6) is 0 Å². The lowest BCUT2D eigenvalue weighted by atomic mass is 10.4. The summed E-state index contributed by atoms with van der Waals surface area (Å²) in [4.78, 5) is 76.2. The highest BCUT2D eigenvalue weighted by Gasteiger charge is 2.32. The van der Waals surface area contributed by atoms with Gasteiger partial charge in [-0.2, -0.15) is 0 Å². The second-order valence-corrected chi connectivity index (χ2v) is 20.0. The van der Waals surface area contributed by atoms with Crippen LogP contribution in [0.3, 0.4) is 0 Å². The molecule has 0 aromatic heterocycles. The first kappa shape index (κ1) is 59.6. The molecule has 0 radical (unpaired) electrons. The molecule has 0 fully saturated rings. The zero-order valence-corrected chi connectivity index (χ0v) is 37.7. The monoisotopic (exact) mass is 1020 g/mol. The molecule has 0 aliphatic rings. The zero-order valence-electron chi connectivity index (χ0n) is 31.5. The minimum atomic E-state index is -5.04. The van der Waals surface area contributed by atoms with Gasteiger partial charge in [-0.05, 0) is 21.0 Å². The molecule has 0 aromatic rings. The Balaban J connectivity index is 4.48. The van der Waals surface area contributed by atoms with Gasteiger partial charge in [0.1, 0.15) is 12.2 Å².